The summed E-state index contributed by atoms with van der Waals surface area (Å²) in [7, 11) is -3.33. The number of amidine groups is 1. The van der Waals surface area contributed by atoms with E-state index in [0.717, 1.165) is 17.7 Å². The number of halogens is 5. The van der Waals surface area contributed by atoms with Gasteiger partial charge in [-0.15, -0.1) is 0 Å². The molecule has 0 spiro atoms. The summed E-state index contributed by atoms with van der Waals surface area (Å²) in [4.78, 5) is 6.07. The van der Waals surface area contributed by atoms with Crippen molar-refractivity contribution in [2.45, 2.75) is 24.0 Å². The van der Waals surface area contributed by atoms with Gasteiger partial charge in [0.2, 0.25) is 0 Å². The van der Waals surface area contributed by atoms with E-state index in [4.69, 9.17) is 23.2 Å². The van der Waals surface area contributed by atoms with Crippen LogP contribution >= 0.6 is 35.0 Å². The van der Waals surface area contributed by atoms with Gasteiger partial charge in [0.05, 0.1) is 39.9 Å². The molecular formula is C19H15Cl2F3N2O2S2. The molecule has 0 amide bonds. The lowest BCUT2D eigenvalue weighted by Crippen LogP contribution is -2.39. The predicted octanol–water partition coefficient (Wildman–Crippen LogP) is 5.29. The second kappa shape index (κ2) is 7.93. The Kier molecular flexibility index (Phi) is 5.76. The van der Waals surface area contributed by atoms with E-state index in [9.17, 15) is 21.6 Å². The van der Waals surface area contributed by atoms with Crippen molar-refractivity contribution in [3.05, 3.63) is 63.6 Å². The monoisotopic (exact) mass is 494 g/mol. The number of sulfone groups is 1. The third-order valence-corrected chi connectivity index (χ3v) is 8.19. The van der Waals surface area contributed by atoms with E-state index < -0.39 is 33.7 Å². The Bertz CT molecular complexity index is 1120. The minimum absolute atomic E-state index is 0.101. The first-order valence-corrected chi connectivity index (χ1v) is 12.4. The van der Waals surface area contributed by atoms with Crippen LogP contribution in [0.4, 0.5) is 18.9 Å². The van der Waals surface area contributed by atoms with Crippen molar-refractivity contribution < 1.29 is 21.6 Å². The van der Waals surface area contributed by atoms with Crippen molar-refractivity contribution in [3.8, 4) is 0 Å². The van der Waals surface area contributed by atoms with Crippen LogP contribution in [-0.4, -0.2) is 37.2 Å². The van der Waals surface area contributed by atoms with Crippen molar-refractivity contribution in [2.75, 3.05) is 16.4 Å². The third-order valence-electron chi connectivity index (χ3n) is 4.90. The Labute approximate surface area is 186 Å². The fourth-order valence-electron chi connectivity index (χ4n) is 3.56. The molecule has 2 atom stereocenters. The third kappa shape index (κ3) is 4.44. The van der Waals surface area contributed by atoms with Crippen LogP contribution in [0, 0.1) is 0 Å². The Balaban J connectivity index is 1.70. The van der Waals surface area contributed by atoms with Crippen molar-refractivity contribution in [1.29, 1.82) is 0 Å². The fourth-order valence-corrected chi connectivity index (χ4v) is 6.89. The van der Waals surface area contributed by atoms with Gasteiger partial charge in [-0.2, -0.15) is 13.2 Å². The number of aliphatic imine (C=N–C) groups is 1. The molecule has 0 bridgehead atoms. The molecule has 4 rings (SSSR count). The minimum Gasteiger partial charge on any atom is -0.313 e. The normalized spacial score (nSPS) is 22.8. The Morgan fingerprint density at radius 1 is 1.13 bits per heavy atom. The summed E-state index contributed by atoms with van der Waals surface area (Å²) in [5.41, 5.74) is 0.161. The lowest BCUT2D eigenvalue weighted by Gasteiger charge is -2.28. The summed E-state index contributed by atoms with van der Waals surface area (Å²) >= 11 is 13.6. The molecule has 0 saturated carbocycles. The number of rotatable bonds is 3. The molecule has 0 N–H and O–H groups in total. The molecule has 30 heavy (non-hydrogen) atoms. The first-order valence-electron chi connectivity index (χ1n) is 8.85. The summed E-state index contributed by atoms with van der Waals surface area (Å²) in [5.74, 6) is 0.152. The molecule has 4 nitrogen and oxygen atoms in total. The van der Waals surface area contributed by atoms with Crippen LogP contribution < -0.4 is 4.90 Å². The SMILES string of the molecule is O=S1(=O)C[C@@H]2N=C(SCc3cccc(Cl)c3)N(c3cc(C(F)(F)F)ccc3Cl)[C@@H]2C1. The van der Waals surface area contributed by atoms with E-state index in [1.165, 1.54) is 17.8 Å². The van der Waals surface area contributed by atoms with Gasteiger partial charge in [0, 0.05) is 10.8 Å². The lowest BCUT2D eigenvalue weighted by atomic mass is 10.1. The van der Waals surface area contributed by atoms with E-state index in [2.05, 4.69) is 4.99 Å². The molecule has 1 fully saturated rings. The predicted molar refractivity (Wildman–Crippen MR) is 115 cm³/mol. The number of nitrogens with zero attached hydrogens (tertiary/aromatic N) is 2. The van der Waals surface area contributed by atoms with Gasteiger partial charge in [0.15, 0.2) is 15.0 Å². The zero-order valence-corrected chi connectivity index (χ0v) is 18.4. The number of benzene rings is 2. The molecule has 1 saturated heterocycles. The molecular weight excluding hydrogens is 480 g/mol. The van der Waals surface area contributed by atoms with Crippen molar-refractivity contribution in [2.24, 2.45) is 4.99 Å². The molecule has 0 radical (unpaired) electrons. The van der Waals surface area contributed by atoms with E-state index >= 15 is 0 Å². The van der Waals surface area contributed by atoms with Crippen LogP contribution in [0.5, 0.6) is 0 Å². The topological polar surface area (TPSA) is 49.7 Å². The Morgan fingerprint density at radius 2 is 1.90 bits per heavy atom. The van der Waals surface area contributed by atoms with E-state index in [0.29, 0.717) is 15.9 Å². The van der Waals surface area contributed by atoms with Crippen LogP contribution in [0.1, 0.15) is 11.1 Å². The summed E-state index contributed by atoms with van der Waals surface area (Å²) in [6.07, 6.45) is -4.55. The molecule has 2 aliphatic rings. The van der Waals surface area contributed by atoms with Gasteiger partial charge in [-0.1, -0.05) is 47.1 Å². The summed E-state index contributed by atoms with van der Waals surface area (Å²) in [5, 5.41) is 1.12. The number of anilines is 1. The van der Waals surface area contributed by atoms with Crippen LogP contribution in [0.3, 0.4) is 0 Å². The maximum Gasteiger partial charge on any atom is 0.416 e. The lowest BCUT2D eigenvalue weighted by molar-refractivity contribution is -0.137. The average Bonchev–Trinajstić information content (AvgIpc) is 3.11. The first-order chi connectivity index (χ1) is 14.0. The van der Waals surface area contributed by atoms with Gasteiger partial charge in [-0.25, -0.2) is 8.42 Å². The number of hydrogen-bond donors (Lipinski definition) is 0. The molecule has 0 aliphatic carbocycles. The second-order valence-corrected chi connectivity index (χ2v) is 11.0. The number of fused-ring (bicyclic) bond motifs is 1. The minimum atomic E-state index is -4.55. The molecule has 11 heteroatoms. The number of hydrogen-bond acceptors (Lipinski definition) is 5. The van der Waals surface area contributed by atoms with Crippen LogP contribution in [-0.2, 0) is 21.8 Å². The largest absolute Gasteiger partial charge is 0.416 e. The van der Waals surface area contributed by atoms with Crippen LogP contribution in [0.2, 0.25) is 10.0 Å². The standard InChI is InChI=1S/C19H15Cl2F3N2O2S2/c20-13-3-1-2-11(6-13)8-29-18-25-15-9-30(27,28)10-17(15)26(18)16-7-12(19(22,23)24)4-5-14(16)21/h1-7,15,17H,8-10H2/t15-,17+/m0/s1. The quantitative estimate of drug-likeness (QED) is 0.581. The van der Waals surface area contributed by atoms with Gasteiger partial charge in [-0.05, 0) is 35.9 Å². The Morgan fingerprint density at radius 3 is 2.60 bits per heavy atom. The highest BCUT2D eigenvalue weighted by Gasteiger charge is 2.48. The zero-order valence-electron chi connectivity index (χ0n) is 15.2. The van der Waals surface area contributed by atoms with Crippen molar-refractivity contribution >= 4 is 55.7 Å². The molecule has 0 aromatic heterocycles. The number of thioether (sulfide) groups is 1. The first kappa shape index (κ1) is 21.8. The van der Waals surface area contributed by atoms with E-state index in [1.807, 2.05) is 6.07 Å². The molecule has 2 aliphatic heterocycles. The van der Waals surface area contributed by atoms with Crippen LogP contribution in [0.15, 0.2) is 47.5 Å². The van der Waals surface area contributed by atoms with Gasteiger partial charge >= 0.3 is 6.18 Å². The van der Waals surface area contributed by atoms with Gasteiger partial charge in [0.1, 0.15) is 0 Å². The molecule has 0 unspecified atom stereocenters. The van der Waals surface area contributed by atoms with Gasteiger partial charge in [0.25, 0.3) is 0 Å². The van der Waals surface area contributed by atoms with Crippen molar-refractivity contribution in [1.82, 2.24) is 0 Å². The number of alkyl halides is 3. The smallest absolute Gasteiger partial charge is 0.313 e. The second-order valence-electron chi connectivity index (χ2n) is 7.08. The van der Waals surface area contributed by atoms with Crippen LogP contribution in [0.25, 0.3) is 0 Å². The highest BCUT2D eigenvalue weighted by molar-refractivity contribution is 8.13. The molecule has 2 aromatic rings. The van der Waals surface area contributed by atoms with Gasteiger partial charge in [-0.3, -0.25) is 4.99 Å². The maximum atomic E-state index is 13.3. The summed E-state index contributed by atoms with van der Waals surface area (Å²) in [6, 6.07) is 9.12. The summed E-state index contributed by atoms with van der Waals surface area (Å²) < 4.78 is 64.1. The molecule has 2 aromatic carbocycles. The maximum absolute atomic E-state index is 13.3. The highest BCUT2D eigenvalue weighted by atomic mass is 35.5. The molecule has 2 heterocycles. The zero-order chi connectivity index (χ0) is 21.7. The Hall–Kier alpha value is -1.42. The van der Waals surface area contributed by atoms with E-state index in [-0.39, 0.29) is 22.2 Å². The average molecular weight is 495 g/mol. The fraction of sp³-hybridized carbons (Fsp3) is 0.316. The van der Waals surface area contributed by atoms with Gasteiger partial charge < -0.3 is 4.90 Å². The summed E-state index contributed by atoms with van der Waals surface area (Å²) in [6.45, 7) is 0. The highest BCUT2D eigenvalue weighted by Crippen LogP contribution is 2.41. The molecule has 160 valence electrons. The van der Waals surface area contributed by atoms with E-state index in [1.54, 1.807) is 23.1 Å². The van der Waals surface area contributed by atoms with Crippen molar-refractivity contribution in [3.63, 3.8) is 0 Å².